The number of nitrogens with one attached hydrogen (secondary N) is 1. The number of hydrogen-bond acceptors (Lipinski definition) is 7. The predicted molar refractivity (Wildman–Crippen MR) is 113 cm³/mol. The number of aromatic hydroxyl groups is 1. The van der Waals surface area contributed by atoms with Crippen LogP contribution in [-0.2, 0) is 0 Å². The molecule has 0 radical (unpaired) electrons. The van der Waals surface area contributed by atoms with Crippen molar-refractivity contribution in [2.24, 2.45) is 4.99 Å². The molecule has 0 spiro atoms. The number of carboxylic acid groups (broad SMARTS) is 1. The summed E-state index contributed by atoms with van der Waals surface area (Å²) >= 11 is 1.35. The molecule has 0 aliphatic heterocycles. The van der Waals surface area contributed by atoms with Crippen molar-refractivity contribution in [1.82, 2.24) is 4.98 Å². The minimum Gasteiger partial charge on any atom is -0.507 e. The highest BCUT2D eigenvalue weighted by atomic mass is 32.1. The minimum absolute atomic E-state index is 0.243. The molecule has 8 heteroatoms. The second kappa shape index (κ2) is 8.97. The highest BCUT2D eigenvalue weighted by Crippen LogP contribution is 2.27. The summed E-state index contributed by atoms with van der Waals surface area (Å²) in [5, 5.41) is 28.6. The predicted octanol–water partition coefficient (Wildman–Crippen LogP) is 4.65. The number of hydrogen-bond donors (Lipinski definition) is 3. The number of carboxylic acids is 1. The lowest BCUT2D eigenvalue weighted by Gasteiger charge is -2.03. The Hall–Kier alpha value is -3.74. The molecule has 0 atom stereocenters. The number of aromatic nitrogens is 1. The number of benzene rings is 2. The van der Waals surface area contributed by atoms with E-state index in [1.165, 1.54) is 35.8 Å². The quantitative estimate of drug-likeness (QED) is 0.493. The van der Waals surface area contributed by atoms with Crippen LogP contribution in [0.3, 0.4) is 0 Å². The Balaban J connectivity index is 1.81. The maximum atomic E-state index is 11.1. The molecule has 2 aromatic carbocycles. The highest BCUT2D eigenvalue weighted by molar-refractivity contribution is 7.11. The Bertz CT molecular complexity index is 1110. The number of phenols is 1. The molecule has 146 valence electrons. The monoisotopic (exact) mass is 407 g/mol. The maximum absolute atomic E-state index is 11.1. The standard InChI is InChI=1S/C21H17N3O4S/c1-2-28-16-6-3-13(4-7-16)18-12-29-20(24-18)14(10-22)11-23-15-5-8-19(25)17(9-15)21(26)27/h3-9,11-12,22,25H,2H2,1H3,(H,26,27). The molecule has 0 saturated carbocycles. The summed E-state index contributed by atoms with van der Waals surface area (Å²) in [4.78, 5) is 19.8. The van der Waals surface area contributed by atoms with Gasteiger partial charge < -0.3 is 14.9 Å². The highest BCUT2D eigenvalue weighted by Gasteiger charge is 2.11. The van der Waals surface area contributed by atoms with Gasteiger partial charge in [-0.3, -0.25) is 10.4 Å². The van der Waals surface area contributed by atoms with E-state index in [9.17, 15) is 9.90 Å². The average molecular weight is 407 g/mol. The van der Waals surface area contributed by atoms with Crippen LogP contribution in [0.2, 0.25) is 0 Å². The fraction of sp³-hybridized carbons (Fsp3) is 0.0952. The van der Waals surface area contributed by atoms with Crippen molar-refractivity contribution in [3.05, 3.63) is 58.4 Å². The van der Waals surface area contributed by atoms with Gasteiger partial charge in [0.05, 0.1) is 23.6 Å². The molecule has 0 bridgehead atoms. The summed E-state index contributed by atoms with van der Waals surface area (Å²) in [6.07, 6.45) is 1.39. The molecule has 3 N–H and O–H groups in total. The largest absolute Gasteiger partial charge is 0.507 e. The number of carbonyl (C=O) groups is 1. The lowest BCUT2D eigenvalue weighted by molar-refractivity contribution is 0.0693. The third-order valence-electron chi connectivity index (χ3n) is 3.88. The van der Waals surface area contributed by atoms with E-state index in [-0.39, 0.29) is 11.3 Å². The van der Waals surface area contributed by atoms with E-state index in [0.717, 1.165) is 17.0 Å². The molecule has 29 heavy (non-hydrogen) atoms. The van der Waals surface area contributed by atoms with E-state index in [2.05, 4.69) is 15.8 Å². The van der Waals surface area contributed by atoms with Crippen LogP contribution in [0.1, 0.15) is 22.3 Å². The van der Waals surface area contributed by atoms with Gasteiger partial charge in [-0.25, -0.2) is 9.78 Å². The first-order valence-corrected chi connectivity index (χ1v) is 9.49. The molecule has 1 heterocycles. The van der Waals surface area contributed by atoms with Gasteiger partial charge in [-0.2, -0.15) is 0 Å². The summed E-state index contributed by atoms with van der Waals surface area (Å²) in [5.74, 6) is 1.51. The first-order valence-electron chi connectivity index (χ1n) is 8.61. The van der Waals surface area contributed by atoms with E-state index < -0.39 is 5.97 Å². The van der Waals surface area contributed by atoms with Gasteiger partial charge in [0.25, 0.3) is 0 Å². The molecule has 7 nitrogen and oxygen atoms in total. The lowest BCUT2D eigenvalue weighted by Crippen LogP contribution is -1.96. The van der Waals surface area contributed by atoms with Crippen molar-refractivity contribution in [1.29, 1.82) is 5.41 Å². The van der Waals surface area contributed by atoms with E-state index in [1.807, 2.05) is 36.6 Å². The van der Waals surface area contributed by atoms with Gasteiger partial charge in [-0.1, -0.05) is 0 Å². The van der Waals surface area contributed by atoms with Gasteiger partial charge in [-0.15, -0.1) is 11.3 Å². The van der Waals surface area contributed by atoms with Crippen molar-refractivity contribution in [2.45, 2.75) is 6.92 Å². The summed E-state index contributed by atoms with van der Waals surface area (Å²) in [5.41, 5.74) is 2.12. The van der Waals surface area contributed by atoms with Gasteiger partial charge in [0, 0.05) is 17.2 Å². The summed E-state index contributed by atoms with van der Waals surface area (Å²) < 4.78 is 5.44. The van der Waals surface area contributed by atoms with Crippen LogP contribution in [0.15, 0.2) is 52.8 Å². The summed E-state index contributed by atoms with van der Waals surface area (Å²) in [6.45, 7) is 2.52. The Morgan fingerprint density at radius 2 is 2.07 bits per heavy atom. The lowest BCUT2D eigenvalue weighted by atomic mass is 10.1. The number of aromatic carboxylic acids is 1. The SMILES string of the molecule is CCOc1ccc(-c2csc(C(=C=N)C=Nc3ccc(O)c(C(=O)O)c3)n2)cc1. The maximum Gasteiger partial charge on any atom is 0.339 e. The van der Waals surface area contributed by atoms with Gasteiger partial charge >= 0.3 is 5.97 Å². The van der Waals surface area contributed by atoms with Crippen LogP contribution in [0.4, 0.5) is 5.69 Å². The molecule has 0 unspecified atom stereocenters. The zero-order chi connectivity index (χ0) is 20.8. The molecule has 0 aliphatic carbocycles. The number of nitrogens with zero attached hydrogens (tertiary/aromatic N) is 2. The number of thiazole rings is 1. The molecule has 3 rings (SSSR count). The van der Waals surface area contributed by atoms with E-state index in [1.54, 1.807) is 0 Å². The molecule has 0 saturated heterocycles. The molecule has 0 fully saturated rings. The van der Waals surface area contributed by atoms with Crippen molar-refractivity contribution >= 4 is 40.7 Å². The third kappa shape index (κ3) is 4.76. The zero-order valence-corrected chi connectivity index (χ0v) is 16.2. The Labute approximate surface area is 170 Å². The van der Waals surface area contributed by atoms with Crippen molar-refractivity contribution in [3.63, 3.8) is 0 Å². The first kappa shape index (κ1) is 20.0. The fourth-order valence-corrected chi connectivity index (χ4v) is 3.27. The van der Waals surface area contributed by atoms with E-state index in [0.29, 0.717) is 22.9 Å². The van der Waals surface area contributed by atoms with Gasteiger partial charge in [-0.05, 0) is 55.3 Å². The molecule has 3 aromatic rings. The van der Waals surface area contributed by atoms with Crippen molar-refractivity contribution in [2.75, 3.05) is 6.61 Å². The van der Waals surface area contributed by atoms with Gasteiger partial charge in [0.2, 0.25) is 0 Å². The minimum atomic E-state index is -1.25. The average Bonchev–Trinajstić information content (AvgIpc) is 3.20. The molecular weight excluding hydrogens is 390 g/mol. The van der Waals surface area contributed by atoms with Crippen LogP contribution < -0.4 is 4.74 Å². The van der Waals surface area contributed by atoms with E-state index in [4.69, 9.17) is 15.3 Å². The topological polar surface area (TPSA) is 116 Å². The van der Waals surface area contributed by atoms with Crippen LogP contribution in [-0.4, -0.2) is 39.9 Å². The van der Waals surface area contributed by atoms with E-state index >= 15 is 0 Å². The molecular formula is C21H17N3O4S. The van der Waals surface area contributed by atoms with Crippen LogP contribution in [0, 0.1) is 5.41 Å². The number of rotatable bonds is 7. The summed E-state index contributed by atoms with van der Waals surface area (Å²) in [7, 11) is 0. The van der Waals surface area contributed by atoms with Crippen LogP contribution in [0.5, 0.6) is 11.5 Å². The first-order chi connectivity index (χ1) is 14.0. The fourth-order valence-electron chi connectivity index (χ4n) is 2.47. The Morgan fingerprint density at radius 3 is 2.72 bits per heavy atom. The smallest absolute Gasteiger partial charge is 0.339 e. The third-order valence-corrected chi connectivity index (χ3v) is 4.76. The number of ether oxygens (including phenoxy) is 1. The molecule has 0 amide bonds. The second-order valence-corrected chi connectivity index (χ2v) is 6.66. The van der Waals surface area contributed by atoms with Crippen LogP contribution >= 0.6 is 11.3 Å². The molecule has 0 aliphatic rings. The normalized spacial score (nSPS) is 10.7. The second-order valence-electron chi connectivity index (χ2n) is 5.80. The molecule has 1 aromatic heterocycles. The Kier molecular flexibility index (Phi) is 6.19. The van der Waals surface area contributed by atoms with Gasteiger partial charge in [0.1, 0.15) is 22.1 Å². The Morgan fingerprint density at radius 1 is 1.31 bits per heavy atom. The number of aliphatic imine (C=N–C) groups is 1. The summed E-state index contributed by atoms with van der Waals surface area (Å²) in [6, 6.07) is 11.6. The van der Waals surface area contributed by atoms with Crippen LogP contribution in [0.25, 0.3) is 16.8 Å². The number of allylic oxidation sites excluding steroid dienone is 1. The van der Waals surface area contributed by atoms with Crippen molar-refractivity contribution in [3.8, 4) is 22.8 Å². The van der Waals surface area contributed by atoms with Gasteiger partial charge in [0.15, 0.2) is 0 Å². The zero-order valence-electron chi connectivity index (χ0n) is 15.4. The van der Waals surface area contributed by atoms with Crippen molar-refractivity contribution < 1.29 is 19.7 Å².